The molecule has 1 nitrogen and oxygen atoms in total. The number of rotatable bonds is 1. The highest BCUT2D eigenvalue weighted by atomic mass is 16.1. The van der Waals surface area contributed by atoms with E-state index in [1.807, 2.05) is 13.0 Å². The number of carbonyl (C=O) groups excluding carboxylic acids is 1. The molecule has 1 heteroatoms. The van der Waals surface area contributed by atoms with Gasteiger partial charge in [0.15, 0.2) is 5.78 Å². The van der Waals surface area contributed by atoms with Crippen molar-refractivity contribution in [3.63, 3.8) is 0 Å². The van der Waals surface area contributed by atoms with Crippen LogP contribution in [0.3, 0.4) is 0 Å². The molecule has 0 aromatic carbocycles. The second-order valence-electron chi connectivity index (χ2n) is 9.88. The summed E-state index contributed by atoms with van der Waals surface area (Å²) in [5.74, 6) is 10.9. The fourth-order valence-electron chi connectivity index (χ4n) is 7.75. The summed E-state index contributed by atoms with van der Waals surface area (Å²) in [7, 11) is 0. The van der Waals surface area contributed by atoms with Gasteiger partial charge in [0.2, 0.25) is 0 Å². The quantitative estimate of drug-likeness (QED) is 0.553. The lowest BCUT2D eigenvalue weighted by molar-refractivity contribution is -0.117. The van der Waals surface area contributed by atoms with Gasteiger partial charge in [0.1, 0.15) is 0 Å². The van der Waals surface area contributed by atoms with E-state index in [1.165, 1.54) is 44.1 Å². The Labute approximate surface area is 154 Å². The fourth-order valence-corrected chi connectivity index (χ4v) is 7.75. The Morgan fingerprint density at radius 1 is 1.08 bits per heavy atom. The van der Waals surface area contributed by atoms with Crippen molar-refractivity contribution in [2.45, 2.75) is 79.1 Å². The van der Waals surface area contributed by atoms with E-state index in [-0.39, 0.29) is 0 Å². The van der Waals surface area contributed by atoms with Crippen molar-refractivity contribution in [2.24, 2.45) is 40.4 Å². The number of ketones is 1. The van der Waals surface area contributed by atoms with Crippen LogP contribution in [-0.4, -0.2) is 5.78 Å². The van der Waals surface area contributed by atoms with Crippen molar-refractivity contribution < 1.29 is 4.79 Å². The standard InChI is InChI=1S/C24H34O/c1-5-6-16(2)20-9-10-21-19-8-7-17-15-18(25)11-13-23(17,3)22(19)12-14-24(20,21)4/h15-16,19-22H,7-14H2,1-4H3. The predicted molar refractivity (Wildman–Crippen MR) is 103 cm³/mol. The molecule has 0 N–H and O–H groups in total. The average Bonchev–Trinajstić information content (AvgIpc) is 2.93. The Morgan fingerprint density at radius 2 is 1.88 bits per heavy atom. The van der Waals surface area contributed by atoms with Crippen molar-refractivity contribution in [2.75, 3.05) is 0 Å². The van der Waals surface area contributed by atoms with E-state index >= 15 is 0 Å². The molecule has 0 bridgehead atoms. The maximum Gasteiger partial charge on any atom is 0.155 e. The number of allylic oxidation sites excluding steroid dienone is 1. The van der Waals surface area contributed by atoms with Gasteiger partial charge in [-0.3, -0.25) is 4.79 Å². The topological polar surface area (TPSA) is 17.1 Å². The third kappa shape index (κ3) is 2.47. The molecule has 3 saturated carbocycles. The van der Waals surface area contributed by atoms with Gasteiger partial charge in [0.05, 0.1) is 0 Å². The molecule has 0 heterocycles. The minimum atomic E-state index is 0.311. The van der Waals surface area contributed by atoms with Crippen LogP contribution in [0.4, 0.5) is 0 Å². The molecule has 0 aromatic rings. The van der Waals surface area contributed by atoms with Gasteiger partial charge >= 0.3 is 0 Å². The number of carbonyl (C=O) groups is 1. The van der Waals surface area contributed by atoms with Crippen LogP contribution in [0.1, 0.15) is 79.1 Å². The maximum atomic E-state index is 11.9. The molecule has 25 heavy (non-hydrogen) atoms. The highest BCUT2D eigenvalue weighted by Gasteiger charge is 2.59. The van der Waals surface area contributed by atoms with E-state index in [0.29, 0.717) is 22.5 Å². The SMILES string of the molecule is CC#CC(C)C1CCC2C3CCC4=CC(=O)CCC4(C)C3CCC12C. The Balaban J connectivity index is 1.63. The predicted octanol–water partition coefficient (Wildman–Crippen LogP) is 5.79. The van der Waals surface area contributed by atoms with Crippen LogP contribution in [0.5, 0.6) is 0 Å². The molecular formula is C24H34O. The summed E-state index contributed by atoms with van der Waals surface area (Å²) >= 11 is 0. The Bertz CT molecular complexity index is 661. The van der Waals surface area contributed by atoms with Crippen LogP contribution in [0.2, 0.25) is 0 Å². The number of fused-ring (bicyclic) bond motifs is 5. The molecule has 0 saturated heterocycles. The minimum Gasteiger partial charge on any atom is -0.295 e. The molecular weight excluding hydrogens is 304 g/mol. The van der Waals surface area contributed by atoms with E-state index in [2.05, 4.69) is 32.6 Å². The lowest BCUT2D eigenvalue weighted by Crippen LogP contribution is -2.50. The van der Waals surface area contributed by atoms with Crippen LogP contribution >= 0.6 is 0 Å². The molecule has 0 aromatic heterocycles. The van der Waals surface area contributed by atoms with Crippen LogP contribution in [0.25, 0.3) is 0 Å². The molecule has 4 rings (SSSR count). The first kappa shape index (κ1) is 17.4. The minimum absolute atomic E-state index is 0.311. The Kier molecular flexibility index (Phi) is 4.18. The molecule has 0 aliphatic heterocycles. The van der Waals surface area contributed by atoms with Crippen molar-refractivity contribution in [3.8, 4) is 11.8 Å². The largest absolute Gasteiger partial charge is 0.295 e. The van der Waals surface area contributed by atoms with Crippen LogP contribution < -0.4 is 0 Å². The summed E-state index contributed by atoms with van der Waals surface area (Å²) in [4.78, 5) is 11.9. The van der Waals surface area contributed by atoms with Gasteiger partial charge in [-0.2, -0.15) is 0 Å². The molecule has 7 unspecified atom stereocenters. The third-order valence-electron chi connectivity index (χ3n) is 9.01. The lowest BCUT2D eigenvalue weighted by Gasteiger charge is -2.58. The highest BCUT2D eigenvalue weighted by Crippen LogP contribution is 2.67. The van der Waals surface area contributed by atoms with Crippen molar-refractivity contribution in [1.82, 2.24) is 0 Å². The first-order chi connectivity index (χ1) is 11.9. The second-order valence-corrected chi connectivity index (χ2v) is 9.88. The van der Waals surface area contributed by atoms with E-state index in [4.69, 9.17) is 0 Å². The highest BCUT2D eigenvalue weighted by molar-refractivity contribution is 5.91. The van der Waals surface area contributed by atoms with Crippen molar-refractivity contribution >= 4 is 5.78 Å². The molecule has 136 valence electrons. The first-order valence-corrected chi connectivity index (χ1v) is 10.6. The van der Waals surface area contributed by atoms with Crippen LogP contribution in [0, 0.1) is 52.3 Å². The number of hydrogen-bond acceptors (Lipinski definition) is 1. The van der Waals surface area contributed by atoms with Gasteiger partial charge in [-0.05, 0) is 92.4 Å². The van der Waals surface area contributed by atoms with Gasteiger partial charge in [-0.25, -0.2) is 0 Å². The molecule has 4 aliphatic rings. The van der Waals surface area contributed by atoms with Crippen molar-refractivity contribution in [1.29, 1.82) is 0 Å². The smallest absolute Gasteiger partial charge is 0.155 e. The number of hydrogen-bond donors (Lipinski definition) is 0. The van der Waals surface area contributed by atoms with E-state index in [1.54, 1.807) is 0 Å². The van der Waals surface area contributed by atoms with Gasteiger partial charge in [-0.1, -0.05) is 26.3 Å². The Morgan fingerprint density at radius 3 is 2.64 bits per heavy atom. The second kappa shape index (κ2) is 6.00. The first-order valence-electron chi connectivity index (χ1n) is 10.6. The molecule has 0 radical (unpaired) electrons. The lowest BCUT2D eigenvalue weighted by atomic mass is 9.46. The molecule has 3 fully saturated rings. The molecule has 7 atom stereocenters. The monoisotopic (exact) mass is 338 g/mol. The van der Waals surface area contributed by atoms with E-state index < -0.39 is 0 Å². The average molecular weight is 339 g/mol. The zero-order chi connectivity index (χ0) is 17.8. The zero-order valence-corrected chi connectivity index (χ0v) is 16.5. The van der Waals surface area contributed by atoms with Crippen molar-refractivity contribution in [3.05, 3.63) is 11.6 Å². The van der Waals surface area contributed by atoms with Crippen LogP contribution in [0.15, 0.2) is 11.6 Å². The van der Waals surface area contributed by atoms with Gasteiger partial charge in [-0.15, -0.1) is 11.8 Å². The van der Waals surface area contributed by atoms with Crippen LogP contribution in [-0.2, 0) is 4.79 Å². The Hall–Kier alpha value is -1.03. The summed E-state index contributed by atoms with van der Waals surface area (Å²) in [5.41, 5.74) is 2.30. The summed E-state index contributed by atoms with van der Waals surface area (Å²) in [5, 5.41) is 0. The molecule has 4 aliphatic carbocycles. The molecule has 0 amide bonds. The zero-order valence-electron chi connectivity index (χ0n) is 16.5. The fraction of sp³-hybridized carbons (Fsp3) is 0.792. The normalized spacial score (nSPS) is 46.9. The van der Waals surface area contributed by atoms with E-state index in [9.17, 15) is 4.79 Å². The molecule has 0 spiro atoms. The summed E-state index contributed by atoms with van der Waals surface area (Å²) in [6, 6.07) is 0. The van der Waals surface area contributed by atoms with Gasteiger partial charge in [0.25, 0.3) is 0 Å². The van der Waals surface area contributed by atoms with Gasteiger partial charge in [0, 0.05) is 12.3 Å². The van der Waals surface area contributed by atoms with E-state index in [0.717, 1.165) is 36.5 Å². The summed E-state index contributed by atoms with van der Waals surface area (Å²) in [6.45, 7) is 9.43. The van der Waals surface area contributed by atoms with Gasteiger partial charge < -0.3 is 0 Å². The summed E-state index contributed by atoms with van der Waals surface area (Å²) < 4.78 is 0. The third-order valence-corrected chi connectivity index (χ3v) is 9.01. The maximum absolute atomic E-state index is 11.9. The summed E-state index contributed by atoms with van der Waals surface area (Å²) in [6.07, 6.45) is 11.9.